The van der Waals surface area contributed by atoms with Crippen molar-refractivity contribution in [2.75, 3.05) is 10.6 Å². The number of nitrogens with one attached hydrogen (secondary N) is 2. The summed E-state index contributed by atoms with van der Waals surface area (Å²) in [6.45, 7) is 3.90. The standard InChI is InChI=1S/C16H18N4O2/c1-9-5-4-6-11(7-9)16(22)18-14-13-10(2)8-12(21)17-15(13)20(3)19-14/h4-7,10H,8H2,1-3H3,(H,17,21)(H,18,19,22). The fraction of sp³-hybridized carbons (Fsp3) is 0.312. The molecule has 1 unspecified atom stereocenters. The molecule has 1 aromatic carbocycles. The highest BCUT2D eigenvalue weighted by molar-refractivity contribution is 6.05. The lowest BCUT2D eigenvalue weighted by atomic mass is 9.95. The van der Waals surface area contributed by atoms with Gasteiger partial charge < -0.3 is 10.6 Å². The van der Waals surface area contributed by atoms with E-state index in [1.165, 1.54) is 0 Å². The van der Waals surface area contributed by atoms with Crippen LogP contribution in [0.1, 0.15) is 40.7 Å². The van der Waals surface area contributed by atoms with E-state index in [-0.39, 0.29) is 17.7 Å². The lowest BCUT2D eigenvalue weighted by Crippen LogP contribution is -2.23. The number of hydrogen-bond acceptors (Lipinski definition) is 3. The molecule has 0 fully saturated rings. The van der Waals surface area contributed by atoms with E-state index in [9.17, 15) is 9.59 Å². The minimum absolute atomic E-state index is 0.0188. The summed E-state index contributed by atoms with van der Waals surface area (Å²) >= 11 is 0. The van der Waals surface area contributed by atoms with E-state index in [0.29, 0.717) is 23.6 Å². The Kier molecular flexibility index (Phi) is 3.44. The first kappa shape index (κ1) is 14.3. The molecule has 2 heterocycles. The molecule has 6 heteroatoms. The minimum Gasteiger partial charge on any atom is -0.311 e. The van der Waals surface area contributed by atoms with Gasteiger partial charge in [0, 0.05) is 24.6 Å². The van der Waals surface area contributed by atoms with Gasteiger partial charge in [0.05, 0.1) is 0 Å². The van der Waals surface area contributed by atoms with Gasteiger partial charge in [0.1, 0.15) is 5.82 Å². The maximum atomic E-state index is 12.4. The third-order valence-corrected chi connectivity index (χ3v) is 3.84. The zero-order valence-electron chi connectivity index (χ0n) is 12.8. The molecule has 2 aromatic rings. The van der Waals surface area contributed by atoms with E-state index in [2.05, 4.69) is 15.7 Å². The number of aryl methyl sites for hydroxylation is 2. The topological polar surface area (TPSA) is 76.0 Å². The number of amides is 2. The van der Waals surface area contributed by atoms with Crippen LogP contribution in [0.25, 0.3) is 0 Å². The van der Waals surface area contributed by atoms with Gasteiger partial charge in [-0.3, -0.25) is 14.3 Å². The third-order valence-electron chi connectivity index (χ3n) is 3.84. The Bertz CT molecular complexity index is 764. The number of aromatic nitrogens is 2. The number of nitrogens with zero attached hydrogens (tertiary/aromatic N) is 2. The van der Waals surface area contributed by atoms with Gasteiger partial charge in [-0.1, -0.05) is 24.6 Å². The SMILES string of the molecule is Cc1cccc(C(=O)Nc2nn(C)c3c2C(C)CC(=O)N3)c1. The monoisotopic (exact) mass is 298 g/mol. The van der Waals surface area contributed by atoms with Gasteiger partial charge in [0.25, 0.3) is 5.91 Å². The molecule has 1 aromatic heterocycles. The first-order valence-corrected chi connectivity index (χ1v) is 7.20. The van der Waals surface area contributed by atoms with Crippen molar-refractivity contribution in [1.82, 2.24) is 9.78 Å². The smallest absolute Gasteiger partial charge is 0.256 e. The van der Waals surface area contributed by atoms with Crippen LogP contribution in [0.4, 0.5) is 11.6 Å². The number of fused-ring (bicyclic) bond motifs is 1. The molecule has 0 saturated carbocycles. The maximum absolute atomic E-state index is 12.4. The number of carbonyl (C=O) groups is 2. The van der Waals surface area contributed by atoms with E-state index in [0.717, 1.165) is 11.1 Å². The van der Waals surface area contributed by atoms with Crippen LogP contribution in [0.2, 0.25) is 0 Å². The first-order chi connectivity index (χ1) is 10.5. The van der Waals surface area contributed by atoms with E-state index >= 15 is 0 Å². The second kappa shape index (κ2) is 5.29. The lowest BCUT2D eigenvalue weighted by Gasteiger charge is -2.20. The van der Waals surface area contributed by atoms with Crippen LogP contribution >= 0.6 is 0 Å². The molecule has 114 valence electrons. The summed E-state index contributed by atoms with van der Waals surface area (Å²) in [5, 5.41) is 10.0. The second-order valence-corrected chi connectivity index (χ2v) is 5.71. The van der Waals surface area contributed by atoms with Crippen molar-refractivity contribution in [3.05, 3.63) is 41.0 Å². The molecule has 2 N–H and O–H groups in total. The van der Waals surface area contributed by atoms with Crippen LogP contribution in [-0.4, -0.2) is 21.6 Å². The van der Waals surface area contributed by atoms with Crippen molar-refractivity contribution in [2.24, 2.45) is 7.05 Å². The predicted octanol–water partition coefficient (Wildman–Crippen LogP) is 2.43. The first-order valence-electron chi connectivity index (χ1n) is 7.20. The van der Waals surface area contributed by atoms with Crippen LogP contribution in [0, 0.1) is 6.92 Å². The number of carbonyl (C=O) groups excluding carboxylic acids is 2. The quantitative estimate of drug-likeness (QED) is 0.894. The van der Waals surface area contributed by atoms with Gasteiger partial charge in [0.2, 0.25) is 5.91 Å². The fourth-order valence-electron chi connectivity index (χ4n) is 2.78. The predicted molar refractivity (Wildman–Crippen MR) is 84.0 cm³/mol. The fourth-order valence-corrected chi connectivity index (χ4v) is 2.78. The Morgan fingerprint density at radius 3 is 2.95 bits per heavy atom. The zero-order chi connectivity index (χ0) is 15.9. The van der Waals surface area contributed by atoms with Crippen molar-refractivity contribution < 1.29 is 9.59 Å². The van der Waals surface area contributed by atoms with Gasteiger partial charge >= 0.3 is 0 Å². The Balaban J connectivity index is 1.92. The molecular formula is C16H18N4O2. The average Bonchev–Trinajstić information content (AvgIpc) is 2.75. The highest BCUT2D eigenvalue weighted by atomic mass is 16.2. The largest absolute Gasteiger partial charge is 0.311 e. The molecule has 0 spiro atoms. The highest BCUT2D eigenvalue weighted by Crippen LogP contribution is 2.37. The molecular weight excluding hydrogens is 280 g/mol. The molecule has 3 rings (SSSR count). The summed E-state index contributed by atoms with van der Waals surface area (Å²) in [6, 6.07) is 7.39. The summed E-state index contributed by atoms with van der Waals surface area (Å²) in [5.74, 6) is 0.957. The Morgan fingerprint density at radius 2 is 2.23 bits per heavy atom. The minimum atomic E-state index is -0.200. The Labute approximate surface area is 128 Å². The van der Waals surface area contributed by atoms with Gasteiger partial charge in [0.15, 0.2) is 5.82 Å². The number of anilines is 2. The lowest BCUT2D eigenvalue weighted by molar-refractivity contribution is -0.116. The Morgan fingerprint density at radius 1 is 1.45 bits per heavy atom. The van der Waals surface area contributed by atoms with Gasteiger partial charge in [-0.05, 0) is 25.0 Å². The van der Waals surface area contributed by atoms with Crippen LogP contribution in [-0.2, 0) is 11.8 Å². The Hall–Kier alpha value is -2.63. The molecule has 22 heavy (non-hydrogen) atoms. The van der Waals surface area contributed by atoms with Crippen molar-refractivity contribution in [3.8, 4) is 0 Å². The molecule has 1 aliphatic rings. The number of benzene rings is 1. The molecule has 0 saturated heterocycles. The van der Waals surface area contributed by atoms with Gasteiger partial charge in [-0.25, -0.2) is 0 Å². The summed E-state index contributed by atoms with van der Waals surface area (Å²) in [4.78, 5) is 24.0. The van der Waals surface area contributed by atoms with Crippen molar-refractivity contribution >= 4 is 23.5 Å². The maximum Gasteiger partial charge on any atom is 0.256 e. The molecule has 1 atom stereocenters. The van der Waals surface area contributed by atoms with Crippen LogP contribution in [0.5, 0.6) is 0 Å². The highest BCUT2D eigenvalue weighted by Gasteiger charge is 2.29. The summed E-state index contributed by atoms with van der Waals surface area (Å²) in [6.07, 6.45) is 0.395. The molecule has 2 amide bonds. The summed E-state index contributed by atoms with van der Waals surface area (Å²) in [5.41, 5.74) is 2.49. The van der Waals surface area contributed by atoms with Crippen molar-refractivity contribution in [3.63, 3.8) is 0 Å². The average molecular weight is 298 g/mol. The summed E-state index contributed by atoms with van der Waals surface area (Å²) < 4.78 is 1.59. The van der Waals surface area contributed by atoms with E-state index in [4.69, 9.17) is 0 Å². The zero-order valence-corrected chi connectivity index (χ0v) is 12.8. The van der Waals surface area contributed by atoms with Crippen molar-refractivity contribution in [2.45, 2.75) is 26.2 Å². The molecule has 0 bridgehead atoms. The molecule has 0 radical (unpaired) electrons. The van der Waals surface area contributed by atoms with Crippen LogP contribution < -0.4 is 10.6 Å². The van der Waals surface area contributed by atoms with Gasteiger partial charge in [-0.15, -0.1) is 0 Å². The number of hydrogen-bond donors (Lipinski definition) is 2. The van der Waals surface area contributed by atoms with Crippen LogP contribution in [0.3, 0.4) is 0 Å². The van der Waals surface area contributed by atoms with Gasteiger partial charge in [-0.2, -0.15) is 5.10 Å². The molecule has 0 aliphatic carbocycles. The molecule has 6 nitrogen and oxygen atoms in total. The molecule has 1 aliphatic heterocycles. The third kappa shape index (κ3) is 2.47. The second-order valence-electron chi connectivity index (χ2n) is 5.71. The number of rotatable bonds is 2. The van der Waals surface area contributed by atoms with E-state index in [1.807, 2.05) is 32.0 Å². The normalized spacial score (nSPS) is 16.9. The van der Waals surface area contributed by atoms with E-state index in [1.54, 1.807) is 17.8 Å². The van der Waals surface area contributed by atoms with Crippen molar-refractivity contribution in [1.29, 1.82) is 0 Å². The van der Waals surface area contributed by atoms with Crippen LogP contribution in [0.15, 0.2) is 24.3 Å². The van der Waals surface area contributed by atoms with E-state index < -0.39 is 0 Å². The summed E-state index contributed by atoms with van der Waals surface area (Å²) in [7, 11) is 1.75.